The van der Waals surface area contributed by atoms with E-state index in [2.05, 4.69) is 0 Å². The summed E-state index contributed by atoms with van der Waals surface area (Å²) in [5, 5.41) is 0. The topological polar surface area (TPSA) is 18.5 Å². The number of aryl methyl sites for hydroxylation is 2. The maximum absolute atomic E-state index is 13.7. The van der Waals surface area contributed by atoms with Gasteiger partial charge in [0.1, 0.15) is 23.1 Å². The van der Waals surface area contributed by atoms with Crippen molar-refractivity contribution in [2.45, 2.75) is 13.8 Å². The molecule has 0 spiro atoms. The molecule has 0 aliphatic heterocycles. The molecule has 0 bridgehead atoms. The first-order valence-electron chi connectivity index (χ1n) is 6.16. The van der Waals surface area contributed by atoms with Crippen LogP contribution in [0.15, 0.2) is 24.3 Å². The summed E-state index contributed by atoms with van der Waals surface area (Å²) in [5.74, 6) is 0.217. The molecule has 0 saturated heterocycles. The van der Waals surface area contributed by atoms with Crippen LogP contribution in [0, 0.1) is 25.5 Å². The van der Waals surface area contributed by atoms with Gasteiger partial charge >= 0.3 is 0 Å². The van der Waals surface area contributed by atoms with Crippen molar-refractivity contribution < 1.29 is 18.3 Å². The second kappa shape index (κ2) is 5.49. The highest BCUT2D eigenvalue weighted by Crippen LogP contribution is 2.40. The van der Waals surface area contributed by atoms with Gasteiger partial charge in [-0.3, -0.25) is 0 Å². The van der Waals surface area contributed by atoms with Crippen LogP contribution in [0.3, 0.4) is 0 Å². The Hall–Kier alpha value is -2.10. The third-order valence-corrected chi connectivity index (χ3v) is 3.18. The molecule has 20 heavy (non-hydrogen) atoms. The van der Waals surface area contributed by atoms with Crippen molar-refractivity contribution in [1.29, 1.82) is 0 Å². The molecule has 0 radical (unpaired) electrons. The van der Waals surface area contributed by atoms with Gasteiger partial charge in [-0.15, -0.1) is 0 Å². The summed E-state index contributed by atoms with van der Waals surface area (Å²) in [6, 6.07) is 5.40. The maximum Gasteiger partial charge on any atom is 0.129 e. The van der Waals surface area contributed by atoms with Crippen LogP contribution in [0.2, 0.25) is 0 Å². The number of ether oxygens (including phenoxy) is 2. The van der Waals surface area contributed by atoms with Gasteiger partial charge in [0.15, 0.2) is 0 Å². The molecule has 106 valence electrons. The predicted octanol–water partition coefficient (Wildman–Crippen LogP) is 4.27. The molecule has 2 nitrogen and oxygen atoms in total. The quantitative estimate of drug-likeness (QED) is 0.835. The first kappa shape index (κ1) is 14.3. The minimum absolute atomic E-state index is 0.401. The van der Waals surface area contributed by atoms with Crippen molar-refractivity contribution in [2.24, 2.45) is 0 Å². The van der Waals surface area contributed by atoms with Crippen LogP contribution < -0.4 is 9.47 Å². The summed E-state index contributed by atoms with van der Waals surface area (Å²) >= 11 is 0. The number of rotatable bonds is 3. The van der Waals surface area contributed by atoms with Gasteiger partial charge in [0.25, 0.3) is 0 Å². The lowest BCUT2D eigenvalue weighted by molar-refractivity contribution is 0.405. The molecule has 0 saturated carbocycles. The molecular weight excluding hydrogens is 262 g/mol. The molecule has 2 aromatic carbocycles. The van der Waals surface area contributed by atoms with Gasteiger partial charge in [0, 0.05) is 11.1 Å². The molecule has 2 rings (SSSR count). The van der Waals surface area contributed by atoms with E-state index in [1.807, 2.05) is 0 Å². The van der Waals surface area contributed by atoms with Crippen molar-refractivity contribution in [3.8, 4) is 22.6 Å². The summed E-state index contributed by atoms with van der Waals surface area (Å²) in [5.41, 5.74) is 2.24. The molecule has 0 aliphatic carbocycles. The zero-order valence-corrected chi connectivity index (χ0v) is 11.9. The van der Waals surface area contributed by atoms with Gasteiger partial charge in [0.05, 0.1) is 14.2 Å². The first-order valence-corrected chi connectivity index (χ1v) is 6.16. The molecule has 0 heterocycles. The van der Waals surface area contributed by atoms with Crippen molar-refractivity contribution in [3.05, 3.63) is 47.0 Å². The second-order valence-corrected chi connectivity index (χ2v) is 4.61. The Morgan fingerprint density at radius 3 is 1.35 bits per heavy atom. The van der Waals surface area contributed by atoms with Crippen LogP contribution in [-0.2, 0) is 0 Å². The van der Waals surface area contributed by atoms with E-state index in [0.717, 1.165) is 0 Å². The van der Waals surface area contributed by atoms with Crippen molar-refractivity contribution >= 4 is 0 Å². The van der Waals surface area contributed by atoms with Gasteiger partial charge in [-0.2, -0.15) is 0 Å². The minimum atomic E-state index is -0.401. The summed E-state index contributed by atoms with van der Waals surface area (Å²) in [7, 11) is 3.00. The van der Waals surface area contributed by atoms with E-state index in [0.29, 0.717) is 33.8 Å². The standard InChI is InChI=1S/C16H16F2O2/c1-9-5-11(17)7-13(15(9)19-3)14-8-12(18)6-10(2)16(14)20-4/h5-8H,1-4H3. The average Bonchev–Trinajstić information content (AvgIpc) is 2.37. The second-order valence-electron chi connectivity index (χ2n) is 4.61. The van der Waals surface area contributed by atoms with Crippen LogP contribution >= 0.6 is 0 Å². The highest BCUT2D eigenvalue weighted by molar-refractivity contribution is 5.78. The zero-order chi connectivity index (χ0) is 14.9. The third-order valence-electron chi connectivity index (χ3n) is 3.18. The van der Waals surface area contributed by atoms with Gasteiger partial charge in [-0.05, 0) is 49.2 Å². The smallest absolute Gasteiger partial charge is 0.129 e. The van der Waals surface area contributed by atoms with Gasteiger partial charge in [-0.25, -0.2) is 8.78 Å². The van der Waals surface area contributed by atoms with Crippen LogP contribution in [0.4, 0.5) is 8.78 Å². The van der Waals surface area contributed by atoms with Crippen LogP contribution in [0.5, 0.6) is 11.5 Å². The summed E-state index contributed by atoms with van der Waals surface area (Å²) in [6.45, 7) is 3.48. The van der Waals surface area contributed by atoms with Gasteiger partial charge in [0.2, 0.25) is 0 Å². The molecule has 0 N–H and O–H groups in total. The molecule has 0 fully saturated rings. The number of hydrogen-bond acceptors (Lipinski definition) is 2. The SMILES string of the molecule is COc1c(C)cc(F)cc1-c1cc(F)cc(C)c1OC. The first-order chi connectivity index (χ1) is 9.47. The number of benzene rings is 2. The highest BCUT2D eigenvalue weighted by atomic mass is 19.1. The van der Waals surface area contributed by atoms with Gasteiger partial charge < -0.3 is 9.47 Å². The zero-order valence-electron chi connectivity index (χ0n) is 11.9. The molecule has 0 amide bonds. The molecule has 0 atom stereocenters. The molecule has 0 aromatic heterocycles. The Labute approximate surface area is 117 Å². The van der Waals surface area contributed by atoms with Gasteiger partial charge in [-0.1, -0.05) is 0 Å². The molecule has 0 unspecified atom stereocenters. The van der Waals surface area contributed by atoms with Crippen molar-refractivity contribution in [3.63, 3.8) is 0 Å². The largest absolute Gasteiger partial charge is 0.496 e. The monoisotopic (exact) mass is 278 g/mol. The fourth-order valence-corrected chi connectivity index (χ4v) is 2.40. The van der Waals surface area contributed by atoms with Crippen molar-refractivity contribution in [2.75, 3.05) is 14.2 Å². The van der Waals surface area contributed by atoms with E-state index in [1.165, 1.54) is 38.5 Å². The van der Waals surface area contributed by atoms with Crippen LogP contribution in [0.25, 0.3) is 11.1 Å². The lowest BCUT2D eigenvalue weighted by Crippen LogP contribution is -1.97. The lowest BCUT2D eigenvalue weighted by atomic mass is 9.98. The number of halogens is 2. The van der Waals surface area contributed by atoms with Crippen LogP contribution in [-0.4, -0.2) is 14.2 Å². The fourth-order valence-electron chi connectivity index (χ4n) is 2.40. The Morgan fingerprint density at radius 1 is 0.700 bits per heavy atom. The van der Waals surface area contributed by atoms with E-state index in [-0.39, 0.29) is 0 Å². The Bertz CT molecular complexity index is 594. The summed E-state index contributed by atoms with van der Waals surface area (Å²) in [4.78, 5) is 0. The molecule has 2 aromatic rings. The number of methoxy groups -OCH3 is 2. The van der Waals surface area contributed by atoms with Crippen LogP contribution in [0.1, 0.15) is 11.1 Å². The Kier molecular flexibility index (Phi) is 3.93. The van der Waals surface area contributed by atoms with E-state index in [1.54, 1.807) is 13.8 Å². The highest BCUT2D eigenvalue weighted by Gasteiger charge is 2.17. The fraction of sp³-hybridized carbons (Fsp3) is 0.250. The van der Waals surface area contributed by atoms with E-state index in [9.17, 15) is 8.78 Å². The summed E-state index contributed by atoms with van der Waals surface area (Å²) < 4.78 is 38.0. The predicted molar refractivity (Wildman–Crippen MR) is 74.4 cm³/mol. The molecule has 0 aliphatic rings. The van der Waals surface area contributed by atoms with Crippen molar-refractivity contribution in [1.82, 2.24) is 0 Å². The lowest BCUT2D eigenvalue weighted by Gasteiger charge is -2.16. The Morgan fingerprint density at radius 2 is 1.05 bits per heavy atom. The summed E-state index contributed by atoms with van der Waals surface area (Å²) in [6.07, 6.45) is 0. The van der Waals surface area contributed by atoms with E-state index in [4.69, 9.17) is 9.47 Å². The van der Waals surface area contributed by atoms with E-state index >= 15 is 0 Å². The van der Waals surface area contributed by atoms with E-state index < -0.39 is 11.6 Å². The molecular formula is C16H16F2O2. The maximum atomic E-state index is 13.7. The number of hydrogen-bond donors (Lipinski definition) is 0. The minimum Gasteiger partial charge on any atom is -0.496 e. The normalized spacial score (nSPS) is 10.5. The Balaban J connectivity index is 2.80. The average molecular weight is 278 g/mol. The molecule has 4 heteroatoms. The third kappa shape index (κ3) is 2.46.